The van der Waals surface area contributed by atoms with Crippen molar-refractivity contribution in [2.24, 2.45) is 0 Å². The van der Waals surface area contributed by atoms with Gasteiger partial charge < -0.3 is 4.57 Å². The van der Waals surface area contributed by atoms with Crippen LogP contribution in [0.3, 0.4) is 0 Å². The molecule has 1 aromatic carbocycles. The van der Waals surface area contributed by atoms with Crippen LogP contribution >= 0.6 is 0 Å². The van der Waals surface area contributed by atoms with Crippen molar-refractivity contribution in [2.45, 2.75) is 6.92 Å². The zero-order valence-electron chi connectivity index (χ0n) is 10.3. The lowest BCUT2D eigenvalue weighted by molar-refractivity contribution is -0.384. The van der Waals surface area contributed by atoms with Crippen LogP contribution in [0.2, 0.25) is 0 Å². The number of hydrogen-bond donors (Lipinski definition) is 0. The van der Waals surface area contributed by atoms with Crippen molar-refractivity contribution in [2.75, 3.05) is 0 Å². The summed E-state index contributed by atoms with van der Waals surface area (Å²) < 4.78 is 1.97. The van der Waals surface area contributed by atoms with E-state index >= 15 is 0 Å². The van der Waals surface area contributed by atoms with Crippen molar-refractivity contribution in [1.82, 2.24) is 9.55 Å². The number of benzene rings is 1. The smallest absolute Gasteiger partial charge is 0.271 e. The highest BCUT2D eigenvalue weighted by molar-refractivity contribution is 5.85. The Bertz CT molecular complexity index is 763. The third-order valence-corrected chi connectivity index (χ3v) is 3.09. The Labute approximate surface area is 109 Å². The highest BCUT2D eigenvalue weighted by Crippen LogP contribution is 2.27. The number of fused-ring (bicyclic) bond motifs is 1. The minimum absolute atomic E-state index is 0.0933. The molecule has 5 nitrogen and oxygen atoms in total. The van der Waals surface area contributed by atoms with Gasteiger partial charge in [0.1, 0.15) is 0 Å². The normalized spacial score (nSPS) is 10.8. The molecule has 2 aromatic heterocycles. The van der Waals surface area contributed by atoms with Crippen LogP contribution in [-0.4, -0.2) is 14.5 Å². The molecule has 94 valence electrons. The summed E-state index contributed by atoms with van der Waals surface area (Å²) in [7, 11) is 0. The second kappa shape index (κ2) is 4.20. The molecule has 0 radical (unpaired) electrons. The van der Waals surface area contributed by atoms with E-state index in [2.05, 4.69) is 4.98 Å². The number of non-ortho nitro benzene ring substituents is 1. The fraction of sp³-hybridized carbons (Fsp3) is 0.0714. The third kappa shape index (κ3) is 1.85. The Hall–Kier alpha value is -2.69. The van der Waals surface area contributed by atoms with E-state index in [9.17, 15) is 10.1 Å². The van der Waals surface area contributed by atoms with Gasteiger partial charge in [0, 0.05) is 29.4 Å². The number of nitrogens with zero attached hydrogens (tertiary/aromatic N) is 3. The molecule has 19 heavy (non-hydrogen) atoms. The number of aryl methyl sites for hydroxylation is 1. The van der Waals surface area contributed by atoms with E-state index < -0.39 is 0 Å². The maximum atomic E-state index is 10.9. The minimum Gasteiger partial charge on any atom is -0.312 e. The van der Waals surface area contributed by atoms with E-state index in [0.717, 1.165) is 22.3 Å². The molecule has 0 fully saturated rings. The zero-order chi connectivity index (χ0) is 13.4. The van der Waals surface area contributed by atoms with Gasteiger partial charge in [0.2, 0.25) is 0 Å². The summed E-state index contributed by atoms with van der Waals surface area (Å²) in [5.41, 5.74) is 2.83. The predicted molar refractivity (Wildman–Crippen MR) is 72.5 cm³/mol. The first kappa shape index (κ1) is 11.4. The van der Waals surface area contributed by atoms with Crippen LogP contribution in [0.25, 0.3) is 16.6 Å². The maximum absolute atomic E-state index is 10.9. The number of rotatable bonds is 2. The molecule has 5 heteroatoms. The van der Waals surface area contributed by atoms with Gasteiger partial charge in [0.15, 0.2) is 0 Å². The number of aromatic nitrogens is 2. The molecule has 2 heterocycles. The van der Waals surface area contributed by atoms with Gasteiger partial charge in [-0.3, -0.25) is 15.1 Å². The molecule has 0 bridgehead atoms. The second-order valence-corrected chi connectivity index (χ2v) is 4.33. The van der Waals surface area contributed by atoms with E-state index in [4.69, 9.17) is 0 Å². The average Bonchev–Trinajstić information content (AvgIpc) is 2.74. The molecule has 0 N–H and O–H groups in total. The molecule has 3 rings (SSSR count). The molecule has 0 amide bonds. The van der Waals surface area contributed by atoms with Gasteiger partial charge in [0.05, 0.1) is 22.3 Å². The van der Waals surface area contributed by atoms with Crippen LogP contribution < -0.4 is 0 Å². The fourth-order valence-corrected chi connectivity index (χ4v) is 2.27. The molecule has 0 saturated heterocycles. The number of hydrogen-bond acceptors (Lipinski definition) is 3. The predicted octanol–water partition coefficient (Wildman–Crippen LogP) is 3.24. The van der Waals surface area contributed by atoms with Crippen molar-refractivity contribution in [3.05, 3.63) is 64.6 Å². The van der Waals surface area contributed by atoms with Gasteiger partial charge in [-0.15, -0.1) is 0 Å². The molecular formula is C14H11N3O2. The number of nitro benzene ring substituents is 1. The minimum atomic E-state index is -0.380. The molecule has 0 spiro atoms. The second-order valence-electron chi connectivity index (χ2n) is 4.33. The lowest BCUT2D eigenvalue weighted by Gasteiger charge is -2.07. The maximum Gasteiger partial charge on any atom is 0.271 e. The molecule has 0 aliphatic carbocycles. The summed E-state index contributed by atoms with van der Waals surface area (Å²) >= 11 is 0. The van der Waals surface area contributed by atoms with E-state index in [0.29, 0.717) is 0 Å². The van der Waals surface area contributed by atoms with E-state index in [1.54, 1.807) is 24.5 Å². The highest BCUT2D eigenvalue weighted by Gasteiger charge is 2.12. The average molecular weight is 253 g/mol. The fourth-order valence-electron chi connectivity index (χ4n) is 2.27. The number of nitro groups is 1. The molecular weight excluding hydrogens is 242 g/mol. The Kier molecular flexibility index (Phi) is 2.52. The molecule has 0 unspecified atom stereocenters. The lowest BCUT2D eigenvalue weighted by atomic mass is 10.2. The Morgan fingerprint density at radius 2 is 2.11 bits per heavy atom. The molecule has 0 saturated carbocycles. The lowest BCUT2D eigenvalue weighted by Crippen LogP contribution is -1.97. The Balaban J connectivity index is 2.31. The first-order valence-corrected chi connectivity index (χ1v) is 5.84. The van der Waals surface area contributed by atoms with E-state index in [1.807, 2.05) is 29.7 Å². The van der Waals surface area contributed by atoms with Crippen molar-refractivity contribution >= 4 is 16.6 Å². The van der Waals surface area contributed by atoms with Crippen LogP contribution in [0.1, 0.15) is 5.69 Å². The first-order valence-electron chi connectivity index (χ1n) is 5.84. The van der Waals surface area contributed by atoms with Gasteiger partial charge in [-0.2, -0.15) is 0 Å². The Morgan fingerprint density at radius 3 is 2.79 bits per heavy atom. The molecule has 0 atom stereocenters. The largest absolute Gasteiger partial charge is 0.312 e. The zero-order valence-corrected chi connectivity index (χ0v) is 10.3. The summed E-state index contributed by atoms with van der Waals surface area (Å²) in [6.07, 6.45) is 3.44. The quantitative estimate of drug-likeness (QED) is 0.520. The van der Waals surface area contributed by atoms with Gasteiger partial charge in [0.25, 0.3) is 5.69 Å². The van der Waals surface area contributed by atoms with Crippen LogP contribution in [0.15, 0.2) is 48.8 Å². The van der Waals surface area contributed by atoms with E-state index in [-0.39, 0.29) is 10.6 Å². The third-order valence-electron chi connectivity index (χ3n) is 3.09. The Morgan fingerprint density at radius 1 is 1.26 bits per heavy atom. The first-order chi connectivity index (χ1) is 9.16. The highest BCUT2D eigenvalue weighted by atomic mass is 16.6. The van der Waals surface area contributed by atoms with Crippen LogP contribution in [0, 0.1) is 17.0 Å². The van der Waals surface area contributed by atoms with Crippen LogP contribution in [0.5, 0.6) is 0 Å². The summed E-state index contributed by atoms with van der Waals surface area (Å²) in [5.74, 6) is 0. The van der Waals surface area contributed by atoms with E-state index in [1.165, 1.54) is 6.07 Å². The van der Waals surface area contributed by atoms with Gasteiger partial charge >= 0.3 is 0 Å². The molecule has 0 aliphatic rings. The molecule has 0 aliphatic heterocycles. The standard InChI is InChI=1S/C14H11N3O2/c1-10-7-11-4-5-12(17(18)19)8-14(11)16(10)13-3-2-6-15-9-13/h2-9H,1H3. The summed E-state index contributed by atoms with van der Waals surface area (Å²) in [4.78, 5) is 14.6. The summed E-state index contributed by atoms with van der Waals surface area (Å²) in [6, 6.07) is 10.7. The van der Waals surface area contributed by atoms with Gasteiger partial charge in [-0.25, -0.2) is 0 Å². The van der Waals surface area contributed by atoms with Gasteiger partial charge in [-0.05, 0) is 31.2 Å². The summed E-state index contributed by atoms with van der Waals surface area (Å²) in [5, 5.41) is 11.9. The van der Waals surface area contributed by atoms with Crippen molar-refractivity contribution in [1.29, 1.82) is 0 Å². The van der Waals surface area contributed by atoms with Crippen molar-refractivity contribution in [3.8, 4) is 5.69 Å². The SMILES string of the molecule is Cc1cc2ccc([N+](=O)[O-])cc2n1-c1cccnc1. The van der Waals surface area contributed by atoms with Crippen molar-refractivity contribution in [3.63, 3.8) is 0 Å². The molecule has 3 aromatic rings. The van der Waals surface area contributed by atoms with Crippen LogP contribution in [-0.2, 0) is 0 Å². The summed E-state index contributed by atoms with van der Waals surface area (Å²) in [6.45, 7) is 1.97. The topological polar surface area (TPSA) is 61.0 Å². The monoisotopic (exact) mass is 253 g/mol. The van der Waals surface area contributed by atoms with Gasteiger partial charge in [-0.1, -0.05) is 0 Å². The van der Waals surface area contributed by atoms with Crippen molar-refractivity contribution < 1.29 is 4.92 Å². The number of pyridine rings is 1. The van der Waals surface area contributed by atoms with Crippen LogP contribution in [0.4, 0.5) is 5.69 Å².